The van der Waals surface area contributed by atoms with Crippen molar-refractivity contribution in [2.75, 3.05) is 13.6 Å². The number of aromatic nitrogens is 1. The molecule has 6 heteroatoms. The third kappa shape index (κ3) is 4.05. The molecule has 1 rings (SSSR count). The Morgan fingerprint density at radius 2 is 2.29 bits per heavy atom. The molecule has 0 radical (unpaired) electrons. The van der Waals surface area contributed by atoms with Crippen molar-refractivity contribution < 1.29 is 4.79 Å². The van der Waals surface area contributed by atoms with Gasteiger partial charge >= 0.3 is 0 Å². The monoisotopic (exact) mass is 315 g/mol. The van der Waals surface area contributed by atoms with Crippen LogP contribution in [-0.2, 0) is 0 Å². The molecule has 1 aromatic heterocycles. The minimum Gasteiger partial charge on any atom is -0.393 e. The van der Waals surface area contributed by atoms with Crippen molar-refractivity contribution in [3.63, 3.8) is 0 Å². The third-order valence-corrected chi connectivity index (χ3v) is 3.20. The maximum Gasteiger partial charge on any atom is 0.272 e. The van der Waals surface area contributed by atoms with Crippen molar-refractivity contribution >= 4 is 39.0 Å². The summed E-state index contributed by atoms with van der Waals surface area (Å²) >= 11 is 8.14. The zero-order chi connectivity index (χ0) is 13.0. The Hall–Kier alpha value is -1.01. The van der Waals surface area contributed by atoms with Crippen LogP contribution in [0, 0.1) is 5.92 Å². The lowest BCUT2D eigenvalue weighted by molar-refractivity contribution is 0.0781. The summed E-state index contributed by atoms with van der Waals surface area (Å²) in [4.78, 5) is 18.0. The lowest BCUT2D eigenvalue weighted by Crippen LogP contribution is -2.35. The number of nitrogens with zero attached hydrogens (tertiary/aromatic N) is 2. The molecular weight excluding hydrogens is 302 g/mol. The Morgan fingerprint density at radius 3 is 2.76 bits per heavy atom. The van der Waals surface area contributed by atoms with Gasteiger partial charge in [0.05, 0.1) is 4.99 Å². The first kappa shape index (κ1) is 14.1. The second kappa shape index (κ2) is 6.07. The van der Waals surface area contributed by atoms with E-state index in [2.05, 4.69) is 20.9 Å². The molecule has 1 aromatic rings. The van der Waals surface area contributed by atoms with Crippen LogP contribution in [0.5, 0.6) is 0 Å². The number of nitrogens with two attached hydrogens (primary N) is 1. The normalized spacial score (nSPS) is 11.9. The topological polar surface area (TPSA) is 59.2 Å². The van der Waals surface area contributed by atoms with Gasteiger partial charge < -0.3 is 10.6 Å². The van der Waals surface area contributed by atoms with Gasteiger partial charge in [-0.25, -0.2) is 4.98 Å². The van der Waals surface area contributed by atoms with E-state index in [0.717, 1.165) is 4.47 Å². The quantitative estimate of drug-likeness (QED) is 0.861. The van der Waals surface area contributed by atoms with Crippen molar-refractivity contribution in [1.29, 1.82) is 0 Å². The summed E-state index contributed by atoms with van der Waals surface area (Å²) in [6.07, 6.45) is 1.60. The van der Waals surface area contributed by atoms with Gasteiger partial charge in [0.15, 0.2) is 0 Å². The van der Waals surface area contributed by atoms with E-state index in [-0.39, 0.29) is 11.8 Å². The van der Waals surface area contributed by atoms with E-state index in [1.54, 1.807) is 30.3 Å². The van der Waals surface area contributed by atoms with Crippen molar-refractivity contribution in [3.8, 4) is 0 Å². The molecule has 92 valence electrons. The number of amides is 1. The molecular formula is C11H14BrN3OS. The Labute approximate surface area is 114 Å². The summed E-state index contributed by atoms with van der Waals surface area (Å²) in [5.41, 5.74) is 5.92. The molecule has 0 aromatic carbocycles. The number of carbonyl (C=O) groups excluding carboxylic acids is 1. The van der Waals surface area contributed by atoms with Crippen LogP contribution >= 0.6 is 28.1 Å². The van der Waals surface area contributed by atoms with Crippen LogP contribution in [0.4, 0.5) is 0 Å². The van der Waals surface area contributed by atoms with E-state index >= 15 is 0 Å². The maximum atomic E-state index is 12.0. The number of halogens is 1. The minimum absolute atomic E-state index is 0.00519. The number of hydrogen-bond donors (Lipinski definition) is 1. The largest absolute Gasteiger partial charge is 0.393 e. The standard InChI is InChI=1S/C11H14BrN3OS/c1-7(10(13)17)6-15(2)11(16)9-4-3-8(12)5-14-9/h3-5,7H,6H2,1-2H3,(H2,13,17). The average molecular weight is 316 g/mol. The summed E-state index contributed by atoms with van der Waals surface area (Å²) < 4.78 is 0.841. The summed E-state index contributed by atoms with van der Waals surface area (Å²) in [7, 11) is 1.71. The molecule has 0 saturated heterocycles. The molecule has 4 nitrogen and oxygen atoms in total. The Kier molecular flexibility index (Phi) is 5.02. The second-order valence-corrected chi connectivity index (χ2v) is 5.24. The van der Waals surface area contributed by atoms with E-state index in [1.807, 2.05) is 6.92 Å². The highest BCUT2D eigenvalue weighted by molar-refractivity contribution is 9.10. The Morgan fingerprint density at radius 1 is 1.65 bits per heavy atom. The summed E-state index contributed by atoms with van der Waals surface area (Å²) in [6, 6.07) is 3.46. The first-order valence-corrected chi connectivity index (χ1v) is 6.28. The minimum atomic E-state index is -0.138. The van der Waals surface area contributed by atoms with Crippen LogP contribution in [0.1, 0.15) is 17.4 Å². The molecule has 1 amide bonds. The molecule has 0 fully saturated rings. The maximum absolute atomic E-state index is 12.0. The highest BCUT2D eigenvalue weighted by Gasteiger charge is 2.16. The van der Waals surface area contributed by atoms with Crippen LogP contribution in [0.3, 0.4) is 0 Å². The van der Waals surface area contributed by atoms with Crippen LogP contribution in [0.15, 0.2) is 22.8 Å². The van der Waals surface area contributed by atoms with Crippen molar-refractivity contribution in [2.45, 2.75) is 6.92 Å². The highest BCUT2D eigenvalue weighted by atomic mass is 79.9. The molecule has 0 spiro atoms. The van der Waals surface area contributed by atoms with Gasteiger partial charge in [-0.05, 0) is 28.1 Å². The highest BCUT2D eigenvalue weighted by Crippen LogP contribution is 2.09. The first-order valence-electron chi connectivity index (χ1n) is 5.08. The molecule has 2 N–H and O–H groups in total. The molecule has 0 saturated carbocycles. The Bertz CT molecular complexity index is 421. The van der Waals surface area contributed by atoms with Gasteiger partial charge in [-0.15, -0.1) is 0 Å². The fraction of sp³-hybridized carbons (Fsp3) is 0.364. The van der Waals surface area contributed by atoms with Gasteiger partial charge in [0.1, 0.15) is 5.69 Å². The van der Waals surface area contributed by atoms with Gasteiger partial charge in [-0.2, -0.15) is 0 Å². The van der Waals surface area contributed by atoms with Crippen LogP contribution in [-0.4, -0.2) is 34.4 Å². The van der Waals surface area contributed by atoms with Crippen molar-refractivity contribution in [3.05, 3.63) is 28.5 Å². The molecule has 0 bridgehead atoms. The van der Waals surface area contributed by atoms with Crippen LogP contribution < -0.4 is 5.73 Å². The average Bonchev–Trinajstić information content (AvgIpc) is 2.28. The Balaban J connectivity index is 2.70. The molecule has 1 unspecified atom stereocenters. The van der Waals surface area contributed by atoms with Gasteiger partial charge in [-0.3, -0.25) is 4.79 Å². The summed E-state index contributed by atoms with van der Waals surface area (Å²) in [5, 5.41) is 0. The lowest BCUT2D eigenvalue weighted by Gasteiger charge is -2.20. The predicted octanol–water partition coefficient (Wildman–Crippen LogP) is 1.84. The number of carbonyl (C=O) groups is 1. The fourth-order valence-electron chi connectivity index (χ4n) is 1.28. The van der Waals surface area contributed by atoms with Gasteiger partial charge in [0, 0.05) is 30.2 Å². The number of rotatable bonds is 4. The summed E-state index contributed by atoms with van der Waals surface area (Å²) in [6.45, 7) is 2.38. The van der Waals surface area contributed by atoms with E-state index in [1.165, 1.54) is 0 Å². The first-order chi connectivity index (χ1) is 7.91. The fourth-order valence-corrected chi connectivity index (χ4v) is 1.59. The molecule has 1 atom stereocenters. The summed E-state index contributed by atoms with van der Waals surface area (Å²) in [5.74, 6) is -0.144. The van der Waals surface area contributed by atoms with Crippen molar-refractivity contribution in [2.24, 2.45) is 11.7 Å². The zero-order valence-electron chi connectivity index (χ0n) is 9.68. The van der Waals surface area contributed by atoms with E-state index in [9.17, 15) is 4.79 Å². The van der Waals surface area contributed by atoms with Crippen LogP contribution in [0.25, 0.3) is 0 Å². The molecule has 0 aliphatic heterocycles. The smallest absolute Gasteiger partial charge is 0.272 e. The van der Waals surface area contributed by atoms with E-state index in [0.29, 0.717) is 17.2 Å². The van der Waals surface area contributed by atoms with E-state index < -0.39 is 0 Å². The number of thiocarbonyl (C=S) groups is 1. The second-order valence-electron chi connectivity index (χ2n) is 3.85. The molecule has 17 heavy (non-hydrogen) atoms. The van der Waals surface area contributed by atoms with Gasteiger partial charge in [-0.1, -0.05) is 19.1 Å². The molecule has 0 aliphatic carbocycles. The van der Waals surface area contributed by atoms with Crippen molar-refractivity contribution in [1.82, 2.24) is 9.88 Å². The third-order valence-electron chi connectivity index (χ3n) is 2.33. The van der Waals surface area contributed by atoms with E-state index in [4.69, 9.17) is 18.0 Å². The molecule has 0 aliphatic rings. The van der Waals surface area contributed by atoms with Gasteiger partial charge in [0.25, 0.3) is 5.91 Å². The SMILES string of the molecule is CC(CN(C)C(=O)c1ccc(Br)cn1)C(N)=S. The van der Waals surface area contributed by atoms with Gasteiger partial charge in [0.2, 0.25) is 0 Å². The predicted molar refractivity (Wildman–Crippen MR) is 74.8 cm³/mol. The lowest BCUT2D eigenvalue weighted by atomic mass is 10.1. The van der Waals surface area contributed by atoms with Crippen LogP contribution in [0.2, 0.25) is 0 Å². The number of pyridine rings is 1. The molecule has 1 heterocycles. The number of hydrogen-bond acceptors (Lipinski definition) is 3. The zero-order valence-corrected chi connectivity index (χ0v) is 12.1.